The lowest BCUT2D eigenvalue weighted by atomic mass is 9.90. The predicted octanol–water partition coefficient (Wildman–Crippen LogP) is 4.53. The first-order chi connectivity index (χ1) is 7.72. The molecule has 0 saturated carbocycles. The minimum Gasteiger partial charge on any atom is -0.312 e. The highest BCUT2D eigenvalue weighted by Crippen LogP contribution is 2.32. The van der Waals surface area contributed by atoms with Gasteiger partial charge in [0.25, 0.3) is 0 Å². The van der Waals surface area contributed by atoms with E-state index in [2.05, 4.69) is 45.3 Å². The van der Waals surface area contributed by atoms with Gasteiger partial charge in [-0.05, 0) is 38.4 Å². The Bertz CT molecular complexity index is 293. The lowest BCUT2D eigenvalue weighted by Gasteiger charge is -2.25. The molecular formula is C14H25NS. The fourth-order valence-electron chi connectivity index (χ4n) is 2.30. The van der Waals surface area contributed by atoms with Crippen LogP contribution in [0.15, 0.2) is 12.1 Å². The SMILES string of the molecule is CCCCC(CC)C(NC)c1ccc(C)s1. The highest BCUT2D eigenvalue weighted by atomic mass is 32.1. The third-order valence-corrected chi connectivity index (χ3v) is 4.39. The molecule has 0 amide bonds. The molecule has 0 aromatic carbocycles. The molecule has 0 aliphatic heterocycles. The standard InChI is InChI=1S/C14H25NS/c1-5-7-8-12(6-2)14(15-4)13-10-9-11(3)16-13/h9-10,12,14-15H,5-8H2,1-4H3. The first-order valence-electron chi connectivity index (χ1n) is 6.46. The van der Waals surface area contributed by atoms with E-state index in [0.29, 0.717) is 6.04 Å². The van der Waals surface area contributed by atoms with Crippen molar-refractivity contribution in [2.75, 3.05) is 7.05 Å². The fourth-order valence-corrected chi connectivity index (χ4v) is 3.38. The number of aryl methyl sites for hydroxylation is 1. The van der Waals surface area contributed by atoms with E-state index >= 15 is 0 Å². The van der Waals surface area contributed by atoms with Crippen LogP contribution in [0.3, 0.4) is 0 Å². The van der Waals surface area contributed by atoms with Crippen LogP contribution in [0.5, 0.6) is 0 Å². The summed E-state index contributed by atoms with van der Waals surface area (Å²) in [5, 5.41) is 3.50. The van der Waals surface area contributed by atoms with E-state index in [1.165, 1.54) is 35.4 Å². The average molecular weight is 239 g/mol. The van der Waals surface area contributed by atoms with Crippen LogP contribution in [0.25, 0.3) is 0 Å². The van der Waals surface area contributed by atoms with E-state index in [9.17, 15) is 0 Å². The van der Waals surface area contributed by atoms with Gasteiger partial charge >= 0.3 is 0 Å². The van der Waals surface area contributed by atoms with Crippen LogP contribution in [0.1, 0.15) is 55.3 Å². The van der Waals surface area contributed by atoms with Crippen molar-refractivity contribution in [1.82, 2.24) is 5.32 Å². The van der Waals surface area contributed by atoms with Crippen LogP contribution in [0, 0.1) is 12.8 Å². The van der Waals surface area contributed by atoms with E-state index in [0.717, 1.165) is 5.92 Å². The molecule has 0 aliphatic rings. The molecular weight excluding hydrogens is 214 g/mol. The number of nitrogens with one attached hydrogen (secondary N) is 1. The topological polar surface area (TPSA) is 12.0 Å². The summed E-state index contributed by atoms with van der Waals surface area (Å²) in [4.78, 5) is 2.92. The molecule has 0 aliphatic carbocycles. The largest absolute Gasteiger partial charge is 0.312 e. The van der Waals surface area contributed by atoms with E-state index < -0.39 is 0 Å². The van der Waals surface area contributed by atoms with Crippen molar-refractivity contribution in [3.8, 4) is 0 Å². The monoisotopic (exact) mass is 239 g/mol. The van der Waals surface area contributed by atoms with Gasteiger partial charge in [-0.1, -0.05) is 33.1 Å². The summed E-state index contributed by atoms with van der Waals surface area (Å²) in [6.07, 6.45) is 5.26. The van der Waals surface area contributed by atoms with E-state index in [-0.39, 0.29) is 0 Å². The summed E-state index contributed by atoms with van der Waals surface area (Å²) < 4.78 is 0. The van der Waals surface area contributed by atoms with Crippen LogP contribution >= 0.6 is 11.3 Å². The van der Waals surface area contributed by atoms with Crippen molar-refractivity contribution in [2.45, 2.75) is 52.5 Å². The zero-order valence-electron chi connectivity index (χ0n) is 11.0. The number of rotatable bonds is 7. The summed E-state index contributed by atoms with van der Waals surface area (Å²) in [7, 11) is 2.09. The van der Waals surface area contributed by atoms with Gasteiger partial charge in [0.05, 0.1) is 0 Å². The molecule has 1 heterocycles. The van der Waals surface area contributed by atoms with Crippen molar-refractivity contribution in [3.63, 3.8) is 0 Å². The predicted molar refractivity (Wildman–Crippen MR) is 74.2 cm³/mol. The summed E-state index contributed by atoms with van der Waals surface area (Å²) in [5.74, 6) is 0.781. The van der Waals surface area contributed by atoms with Crippen LogP contribution in [0.2, 0.25) is 0 Å². The van der Waals surface area contributed by atoms with Crippen molar-refractivity contribution in [3.05, 3.63) is 21.9 Å². The van der Waals surface area contributed by atoms with Gasteiger partial charge in [0, 0.05) is 15.8 Å². The molecule has 0 fully saturated rings. The van der Waals surface area contributed by atoms with Gasteiger partial charge in [0.15, 0.2) is 0 Å². The van der Waals surface area contributed by atoms with Crippen molar-refractivity contribution >= 4 is 11.3 Å². The lowest BCUT2D eigenvalue weighted by Crippen LogP contribution is -2.24. The molecule has 1 aromatic heterocycles. The number of hydrogen-bond acceptors (Lipinski definition) is 2. The first-order valence-corrected chi connectivity index (χ1v) is 7.28. The highest BCUT2D eigenvalue weighted by molar-refractivity contribution is 7.12. The van der Waals surface area contributed by atoms with Gasteiger partial charge < -0.3 is 5.32 Å². The molecule has 1 rings (SSSR count). The Morgan fingerprint density at radius 3 is 2.50 bits per heavy atom. The van der Waals surface area contributed by atoms with E-state index in [1.54, 1.807) is 0 Å². The maximum atomic E-state index is 3.50. The molecule has 92 valence electrons. The summed E-state index contributed by atoms with van der Waals surface area (Å²) in [6, 6.07) is 5.07. The zero-order chi connectivity index (χ0) is 12.0. The molecule has 1 N–H and O–H groups in total. The summed E-state index contributed by atoms with van der Waals surface area (Å²) in [5.41, 5.74) is 0. The molecule has 16 heavy (non-hydrogen) atoms. The maximum absolute atomic E-state index is 3.50. The van der Waals surface area contributed by atoms with Gasteiger partial charge in [-0.2, -0.15) is 0 Å². The molecule has 1 nitrogen and oxygen atoms in total. The third kappa shape index (κ3) is 3.60. The number of unbranched alkanes of at least 4 members (excludes halogenated alkanes) is 1. The minimum absolute atomic E-state index is 0.551. The van der Waals surface area contributed by atoms with Crippen LogP contribution in [-0.4, -0.2) is 7.05 Å². The molecule has 2 unspecified atom stereocenters. The van der Waals surface area contributed by atoms with Gasteiger partial charge in [-0.25, -0.2) is 0 Å². The maximum Gasteiger partial charge on any atom is 0.0440 e. The molecule has 2 heteroatoms. The molecule has 2 atom stereocenters. The fraction of sp³-hybridized carbons (Fsp3) is 0.714. The zero-order valence-corrected chi connectivity index (χ0v) is 11.9. The molecule has 0 saturated heterocycles. The average Bonchev–Trinajstić information content (AvgIpc) is 2.70. The normalized spacial score (nSPS) is 15.0. The Hall–Kier alpha value is -0.340. The van der Waals surface area contributed by atoms with Crippen LogP contribution < -0.4 is 5.32 Å². The molecule has 0 radical (unpaired) electrons. The molecule has 0 bridgehead atoms. The minimum atomic E-state index is 0.551. The van der Waals surface area contributed by atoms with Gasteiger partial charge in [0.1, 0.15) is 0 Å². The second-order valence-corrected chi connectivity index (χ2v) is 5.84. The smallest absolute Gasteiger partial charge is 0.0440 e. The Kier molecular flexibility index (Phi) is 6.07. The van der Waals surface area contributed by atoms with Gasteiger partial charge in [-0.3, -0.25) is 0 Å². The molecule has 0 spiro atoms. The lowest BCUT2D eigenvalue weighted by molar-refractivity contribution is 0.343. The van der Waals surface area contributed by atoms with Gasteiger partial charge in [-0.15, -0.1) is 11.3 Å². The Balaban J connectivity index is 2.70. The Morgan fingerprint density at radius 2 is 2.06 bits per heavy atom. The van der Waals surface area contributed by atoms with Crippen LogP contribution in [0.4, 0.5) is 0 Å². The highest BCUT2D eigenvalue weighted by Gasteiger charge is 2.20. The molecule has 1 aromatic rings. The first kappa shape index (κ1) is 13.7. The Labute approximate surface area is 104 Å². The third-order valence-electron chi connectivity index (χ3n) is 3.30. The second kappa shape index (κ2) is 7.08. The number of thiophene rings is 1. The second-order valence-electron chi connectivity index (χ2n) is 4.53. The van der Waals surface area contributed by atoms with E-state index in [1.807, 2.05) is 11.3 Å². The van der Waals surface area contributed by atoms with Crippen molar-refractivity contribution < 1.29 is 0 Å². The number of hydrogen-bond donors (Lipinski definition) is 1. The van der Waals surface area contributed by atoms with Gasteiger partial charge in [0.2, 0.25) is 0 Å². The quantitative estimate of drug-likeness (QED) is 0.737. The van der Waals surface area contributed by atoms with E-state index in [4.69, 9.17) is 0 Å². The Morgan fingerprint density at radius 1 is 1.31 bits per heavy atom. The van der Waals surface area contributed by atoms with Crippen LogP contribution in [-0.2, 0) is 0 Å². The summed E-state index contributed by atoms with van der Waals surface area (Å²) >= 11 is 1.94. The van der Waals surface area contributed by atoms with Crippen molar-refractivity contribution in [2.24, 2.45) is 5.92 Å². The summed E-state index contributed by atoms with van der Waals surface area (Å²) in [6.45, 7) is 6.77. The van der Waals surface area contributed by atoms with Crippen molar-refractivity contribution in [1.29, 1.82) is 0 Å².